The predicted octanol–water partition coefficient (Wildman–Crippen LogP) is 3.88. The fourth-order valence-electron chi connectivity index (χ4n) is 0.661. The van der Waals surface area contributed by atoms with E-state index in [1.807, 2.05) is 22.6 Å². The summed E-state index contributed by atoms with van der Waals surface area (Å²) >= 11 is 2.03. The molecule has 0 unspecified atom stereocenters. The molecule has 0 amide bonds. The second-order valence-corrected chi connectivity index (χ2v) is 3.82. The first-order valence-corrected chi connectivity index (χ1v) is 5.15. The molecule has 0 aliphatic carbocycles. The Morgan fingerprint density at radius 3 is 1.92 bits per heavy atom. The summed E-state index contributed by atoms with van der Waals surface area (Å²) in [6.07, 6.45) is -0.00883. The molecule has 0 aliphatic rings. The number of hydrogen-bond donors (Lipinski definition) is 0. The van der Waals surface area contributed by atoms with Gasteiger partial charge in [-0.1, -0.05) is 22.6 Å². The Balaban J connectivity index is 3.88. The Morgan fingerprint density at radius 2 is 1.58 bits per heavy atom. The number of rotatable bonds is 5. The van der Waals surface area contributed by atoms with E-state index in [9.17, 15) is 17.6 Å². The molecule has 0 radical (unpaired) electrons. The van der Waals surface area contributed by atoms with Crippen molar-refractivity contribution in [2.24, 2.45) is 0 Å². The Hall–Kier alpha value is 0.450. The fraction of sp³-hybridized carbons (Fsp3) is 1.00. The molecule has 0 aromatic rings. The van der Waals surface area contributed by atoms with Crippen LogP contribution in [0, 0.1) is 0 Å². The molecule has 12 heavy (non-hydrogen) atoms. The van der Waals surface area contributed by atoms with E-state index in [0.717, 1.165) is 4.43 Å². The monoisotopic (exact) mass is 298 g/mol. The maximum atomic E-state index is 12.5. The van der Waals surface area contributed by atoms with Gasteiger partial charge in [-0.15, -0.1) is 0 Å². The molecule has 0 aromatic carbocycles. The summed E-state index contributed by atoms with van der Waals surface area (Å²) in [6.45, 7) is 0.261. The maximum Gasteiger partial charge on any atom is 0.309 e. The molecule has 0 saturated heterocycles. The van der Waals surface area contributed by atoms with Gasteiger partial charge < -0.3 is 0 Å². The van der Waals surface area contributed by atoms with Gasteiger partial charge >= 0.3 is 11.8 Å². The average Bonchev–Trinajstić information content (AvgIpc) is 1.85. The Bertz CT molecular complexity index is 130. The predicted molar refractivity (Wildman–Crippen MR) is 48.3 cm³/mol. The topological polar surface area (TPSA) is 0 Å². The molecule has 0 heterocycles. The van der Waals surface area contributed by atoms with Gasteiger partial charge in [-0.05, 0) is 17.3 Å². The molecule has 0 atom stereocenters. The van der Waals surface area contributed by atoms with E-state index in [2.05, 4.69) is 0 Å². The number of alkyl halides is 5. The third-order valence-electron chi connectivity index (χ3n) is 1.52. The highest BCUT2D eigenvalue weighted by Crippen LogP contribution is 2.37. The zero-order chi connectivity index (χ0) is 9.83. The van der Waals surface area contributed by atoms with E-state index < -0.39 is 18.3 Å². The Labute approximate surface area is 82.9 Å². The Kier molecular flexibility index (Phi) is 4.79. The lowest BCUT2D eigenvalue weighted by Crippen LogP contribution is -2.37. The van der Waals surface area contributed by atoms with Gasteiger partial charge in [-0.2, -0.15) is 8.78 Å². The van der Waals surface area contributed by atoms with Gasteiger partial charge in [0.15, 0.2) is 0 Å². The summed E-state index contributed by atoms with van der Waals surface area (Å²) in [5.41, 5.74) is 0. The zero-order valence-corrected chi connectivity index (χ0v) is 8.88. The van der Waals surface area contributed by atoms with E-state index in [0.29, 0.717) is 6.42 Å². The molecule has 0 spiro atoms. The first-order valence-electron chi connectivity index (χ1n) is 3.63. The van der Waals surface area contributed by atoms with Crippen LogP contribution in [0.4, 0.5) is 17.6 Å². The molecule has 0 saturated carbocycles. The third kappa shape index (κ3) is 3.91. The van der Waals surface area contributed by atoms with Crippen molar-refractivity contribution >= 4 is 22.6 Å². The van der Waals surface area contributed by atoms with Gasteiger partial charge in [-0.3, -0.25) is 0 Å². The van der Waals surface area contributed by atoms with Crippen LogP contribution in [0.2, 0.25) is 0 Å². The van der Waals surface area contributed by atoms with Crippen molar-refractivity contribution < 1.29 is 17.6 Å². The van der Waals surface area contributed by atoms with Crippen LogP contribution in [-0.2, 0) is 0 Å². The smallest absolute Gasteiger partial charge is 0.200 e. The van der Waals surface area contributed by atoms with Crippen molar-refractivity contribution in [2.75, 3.05) is 4.43 Å². The summed E-state index contributed by atoms with van der Waals surface area (Å²) in [6, 6.07) is 0. The molecule has 74 valence electrons. The fourth-order valence-corrected chi connectivity index (χ4v) is 1.20. The highest BCUT2D eigenvalue weighted by Gasteiger charge is 2.50. The molecular weight excluding hydrogens is 287 g/mol. The lowest BCUT2D eigenvalue weighted by molar-refractivity contribution is -0.201. The lowest BCUT2D eigenvalue weighted by Gasteiger charge is -2.22. The van der Waals surface area contributed by atoms with Gasteiger partial charge in [-0.25, -0.2) is 8.78 Å². The molecule has 0 fully saturated rings. The van der Waals surface area contributed by atoms with Gasteiger partial charge in [0.2, 0.25) is 0 Å². The minimum Gasteiger partial charge on any atom is -0.200 e. The summed E-state index contributed by atoms with van der Waals surface area (Å²) in [5.74, 6) is -7.74. The van der Waals surface area contributed by atoms with Gasteiger partial charge in [0, 0.05) is 13.3 Å². The lowest BCUT2D eigenvalue weighted by atomic mass is 10.1. The highest BCUT2D eigenvalue weighted by atomic mass is 127. The molecule has 0 N–H and O–H groups in total. The van der Waals surface area contributed by atoms with E-state index in [-0.39, 0.29) is 13.3 Å². The van der Waals surface area contributed by atoms with Crippen molar-refractivity contribution in [2.45, 2.75) is 38.0 Å². The third-order valence-corrected chi connectivity index (χ3v) is 2.28. The minimum absolute atomic E-state index is 0.152. The van der Waals surface area contributed by atoms with Crippen LogP contribution in [0.3, 0.4) is 0 Å². The van der Waals surface area contributed by atoms with Crippen LogP contribution in [0.25, 0.3) is 0 Å². The number of halogens is 5. The molecule has 0 nitrogen and oxygen atoms in total. The number of hydrogen-bond acceptors (Lipinski definition) is 0. The SMILES string of the molecule is CC(F)(F)C(F)(F)CCCCI. The number of unbranched alkanes of at least 4 members (excludes halogenated alkanes) is 1. The second kappa shape index (κ2) is 4.62. The van der Waals surface area contributed by atoms with Crippen molar-refractivity contribution in [3.8, 4) is 0 Å². The van der Waals surface area contributed by atoms with E-state index in [4.69, 9.17) is 0 Å². The first-order chi connectivity index (χ1) is 5.31. The molecule has 5 heteroatoms. The van der Waals surface area contributed by atoms with Crippen molar-refractivity contribution in [1.82, 2.24) is 0 Å². The van der Waals surface area contributed by atoms with Crippen molar-refractivity contribution in [1.29, 1.82) is 0 Å². The molecule has 0 rings (SSSR count). The largest absolute Gasteiger partial charge is 0.309 e. The summed E-state index contributed by atoms with van der Waals surface area (Å²) in [5, 5.41) is 0. The summed E-state index contributed by atoms with van der Waals surface area (Å²) < 4.78 is 50.1. The normalized spacial score (nSPS) is 13.5. The van der Waals surface area contributed by atoms with Crippen LogP contribution in [0.15, 0.2) is 0 Å². The van der Waals surface area contributed by atoms with Crippen molar-refractivity contribution in [3.05, 3.63) is 0 Å². The minimum atomic E-state index is -3.89. The van der Waals surface area contributed by atoms with Crippen LogP contribution in [-0.4, -0.2) is 16.3 Å². The highest BCUT2D eigenvalue weighted by molar-refractivity contribution is 14.1. The zero-order valence-electron chi connectivity index (χ0n) is 6.72. The molecule has 0 aliphatic heterocycles. The van der Waals surface area contributed by atoms with Crippen LogP contribution in [0.5, 0.6) is 0 Å². The Morgan fingerprint density at radius 1 is 1.08 bits per heavy atom. The van der Waals surface area contributed by atoms with Gasteiger partial charge in [0.25, 0.3) is 0 Å². The van der Waals surface area contributed by atoms with Crippen LogP contribution < -0.4 is 0 Å². The second-order valence-electron chi connectivity index (χ2n) is 2.74. The van der Waals surface area contributed by atoms with Crippen LogP contribution >= 0.6 is 22.6 Å². The summed E-state index contributed by atoms with van der Waals surface area (Å²) in [7, 11) is 0. The standard InChI is InChI=1S/C7H11F4I/c1-6(8,9)7(10,11)4-2-3-5-12/h2-5H2,1H3. The molecule has 0 bridgehead atoms. The molecular formula is C7H11F4I. The maximum absolute atomic E-state index is 12.5. The van der Waals surface area contributed by atoms with Gasteiger partial charge in [0.1, 0.15) is 0 Å². The average molecular weight is 298 g/mol. The van der Waals surface area contributed by atoms with Crippen LogP contribution in [0.1, 0.15) is 26.2 Å². The molecule has 0 aromatic heterocycles. The van der Waals surface area contributed by atoms with E-state index >= 15 is 0 Å². The quantitative estimate of drug-likeness (QED) is 0.313. The first kappa shape index (κ1) is 12.4. The van der Waals surface area contributed by atoms with E-state index in [1.54, 1.807) is 0 Å². The van der Waals surface area contributed by atoms with Gasteiger partial charge in [0.05, 0.1) is 0 Å². The van der Waals surface area contributed by atoms with E-state index in [1.165, 1.54) is 0 Å². The van der Waals surface area contributed by atoms with Crippen molar-refractivity contribution in [3.63, 3.8) is 0 Å². The summed E-state index contributed by atoms with van der Waals surface area (Å²) in [4.78, 5) is 0.